The van der Waals surface area contributed by atoms with Gasteiger partial charge in [0, 0.05) is 24.5 Å². The number of hydrogen-bond donors (Lipinski definition) is 2. The van der Waals surface area contributed by atoms with E-state index < -0.39 is 6.04 Å². The molecule has 0 aliphatic carbocycles. The monoisotopic (exact) mass is 348 g/mol. The number of nitrogens with zero attached hydrogens (tertiary/aromatic N) is 2. The van der Waals surface area contributed by atoms with E-state index in [2.05, 4.69) is 40.7 Å². The Bertz CT molecular complexity index is 834. The van der Waals surface area contributed by atoms with Gasteiger partial charge in [0.25, 0.3) is 0 Å². The highest BCUT2D eigenvalue weighted by Crippen LogP contribution is 2.27. The van der Waals surface area contributed by atoms with Gasteiger partial charge >= 0.3 is 0 Å². The number of aryl methyl sites for hydroxylation is 1. The molecule has 2 aromatic carbocycles. The fourth-order valence-electron chi connectivity index (χ4n) is 3.30. The second-order valence-electron chi connectivity index (χ2n) is 6.71. The molecule has 1 saturated heterocycles. The zero-order valence-electron chi connectivity index (χ0n) is 15.2. The van der Waals surface area contributed by atoms with Gasteiger partial charge in [-0.1, -0.05) is 12.1 Å². The lowest BCUT2D eigenvalue weighted by Crippen LogP contribution is -2.32. The molecule has 1 aliphatic rings. The third-order valence-corrected chi connectivity index (χ3v) is 4.73. The lowest BCUT2D eigenvalue weighted by Gasteiger charge is -2.22. The molecule has 0 aromatic heterocycles. The number of nitrogens with one attached hydrogen (secondary N) is 2. The van der Waals surface area contributed by atoms with E-state index in [0.717, 1.165) is 18.8 Å². The van der Waals surface area contributed by atoms with Crippen LogP contribution in [0.2, 0.25) is 0 Å². The third kappa shape index (κ3) is 3.97. The molecule has 1 atom stereocenters. The van der Waals surface area contributed by atoms with E-state index >= 15 is 0 Å². The number of para-hydroxylation sites is 1. The summed E-state index contributed by atoms with van der Waals surface area (Å²) < 4.78 is 0. The second kappa shape index (κ2) is 7.92. The number of carbonyl (C=O) groups excluding carboxylic acids is 1. The minimum atomic E-state index is -0.418. The maximum Gasteiger partial charge on any atom is 0.246 e. The number of rotatable bonds is 5. The molecular weight excluding hydrogens is 324 g/mol. The molecule has 0 spiro atoms. The Labute approximate surface area is 154 Å². The molecule has 2 N–H and O–H groups in total. The minimum absolute atomic E-state index is 0.172. The summed E-state index contributed by atoms with van der Waals surface area (Å²) in [7, 11) is 0. The Morgan fingerprint density at radius 1 is 1.19 bits per heavy atom. The van der Waals surface area contributed by atoms with Crippen LogP contribution in [-0.4, -0.2) is 25.0 Å². The second-order valence-corrected chi connectivity index (χ2v) is 6.71. The van der Waals surface area contributed by atoms with Crippen LogP contribution >= 0.6 is 0 Å². The van der Waals surface area contributed by atoms with Gasteiger partial charge in [-0.25, -0.2) is 0 Å². The predicted molar refractivity (Wildman–Crippen MR) is 105 cm³/mol. The number of hydrogen-bond acceptors (Lipinski definition) is 4. The van der Waals surface area contributed by atoms with Crippen LogP contribution in [0, 0.1) is 18.3 Å². The van der Waals surface area contributed by atoms with Crippen LogP contribution < -0.4 is 15.5 Å². The minimum Gasteiger partial charge on any atom is -0.374 e. The Hall–Kier alpha value is -3.00. The van der Waals surface area contributed by atoms with E-state index in [9.17, 15) is 4.79 Å². The van der Waals surface area contributed by atoms with Crippen LogP contribution in [0.3, 0.4) is 0 Å². The van der Waals surface area contributed by atoms with Crippen LogP contribution in [0.5, 0.6) is 0 Å². The summed E-state index contributed by atoms with van der Waals surface area (Å²) in [5.74, 6) is -0.172. The van der Waals surface area contributed by atoms with E-state index in [1.54, 1.807) is 24.3 Å². The zero-order valence-corrected chi connectivity index (χ0v) is 15.2. The third-order valence-electron chi connectivity index (χ3n) is 4.73. The number of benzene rings is 2. The molecule has 1 heterocycles. The maximum absolute atomic E-state index is 12.5. The highest BCUT2D eigenvalue weighted by molar-refractivity contribution is 5.97. The number of amides is 1. The number of anilines is 3. The van der Waals surface area contributed by atoms with Crippen molar-refractivity contribution in [2.24, 2.45) is 0 Å². The normalized spacial score (nSPS) is 14.6. The molecule has 5 nitrogen and oxygen atoms in total. The summed E-state index contributed by atoms with van der Waals surface area (Å²) >= 11 is 0. The van der Waals surface area contributed by atoms with E-state index in [1.807, 2.05) is 13.0 Å². The fourth-order valence-corrected chi connectivity index (χ4v) is 3.30. The van der Waals surface area contributed by atoms with Crippen molar-refractivity contribution in [3.05, 3.63) is 53.6 Å². The van der Waals surface area contributed by atoms with Gasteiger partial charge in [0.05, 0.1) is 11.3 Å². The summed E-state index contributed by atoms with van der Waals surface area (Å²) in [6, 6.07) is 14.9. The van der Waals surface area contributed by atoms with Gasteiger partial charge in [0.1, 0.15) is 12.1 Å². The molecule has 3 rings (SSSR count). The molecule has 1 unspecified atom stereocenters. The number of carbonyl (C=O) groups is 1. The van der Waals surface area contributed by atoms with E-state index in [-0.39, 0.29) is 5.91 Å². The summed E-state index contributed by atoms with van der Waals surface area (Å²) in [5.41, 5.74) is 4.39. The zero-order chi connectivity index (χ0) is 18.5. The smallest absolute Gasteiger partial charge is 0.246 e. The Morgan fingerprint density at radius 3 is 2.62 bits per heavy atom. The average molecular weight is 348 g/mol. The Kier molecular flexibility index (Phi) is 5.43. The molecule has 5 heteroatoms. The summed E-state index contributed by atoms with van der Waals surface area (Å²) in [6.07, 6.45) is 2.50. The van der Waals surface area contributed by atoms with Crippen molar-refractivity contribution in [1.82, 2.24) is 0 Å². The van der Waals surface area contributed by atoms with Crippen molar-refractivity contribution < 1.29 is 4.79 Å². The molecule has 1 amide bonds. The fraction of sp³-hybridized carbons (Fsp3) is 0.333. The van der Waals surface area contributed by atoms with Crippen molar-refractivity contribution in [2.75, 3.05) is 28.6 Å². The van der Waals surface area contributed by atoms with Crippen molar-refractivity contribution >= 4 is 23.0 Å². The first-order valence-corrected chi connectivity index (χ1v) is 9.00. The van der Waals surface area contributed by atoms with Gasteiger partial charge in [-0.3, -0.25) is 4.79 Å². The topological polar surface area (TPSA) is 68.2 Å². The maximum atomic E-state index is 12.5. The first kappa shape index (κ1) is 17.8. The van der Waals surface area contributed by atoms with Gasteiger partial charge in [0.2, 0.25) is 5.91 Å². The molecule has 134 valence electrons. The SMILES string of the molecule is Cc1cc(NC(C)C(=O)Nc2ccccc2C#N)ccc1N1CCCC1. The van der Waals surface area contributed by atoms with Crippen LogP contribution in [-0.2, 0) is 4.79 Å². The first-order chi connectivity index (χ1) is 12.6. The highest BCUT2D eigenvalue weighted by atomic mass is 16.2. The van der Waals surface area contributed by atoms with Gasteiger partial charge in [-0.15, -0.1) is 0 Å². The van der Waals surface area contributed by atoms with Gasteiger partial charge in [0.15, 0.2) is 0 Å². The van der Waals surface area contributed by atoms with Gasteiger partial charge in [-0.2, -0.15) is 5.26 Å². The number of nitriles is 1. The van der Waals surface area contributed by atoms with Crippen LogP contribution in [0.25, 0.3) is 0 Å². The van der Waals surface area contributed by atoms with E-state index in [4.69, 9.17) is 5.26 Å². The Morgan fingerprint density at radius 2 is 1.92 bits per heavy atom. The molecule has 1 aliphatic heterocycles. The van der Waals surface area contributed by atoms with Crippen LogP contribution in [0.1, 0.15) is 30.9 Å². The van der Waals surface area contributed by atoms with Gasteiger partial charge < -0.3 is 15.5 Å². The molecule has 26 heavy (non-hydrogen) atoms. The highest BCUT2D eigenvalue weighted by Gasteiger charge is 2.17. The standard InChI is InChI=1S/C21H24N4O/c1-15-13-18(9-10-20(15)25-11-5-6-12-25)23-16(2)21(26)24-19-8-4-3-7-17(19)14-22/h3-4,7-10,13,16,23H,5-6,11-12H2,1-2H3,(H,24,26). The van der Waals surface area contributed by atoms with Crippen LogP contribution in [0.4, 0.5) is 17.1 Å². The molecular formula is C21H24N4O. The first-order valence-electron chi connectivity index (χ1n) is 9.00. The van der Waals surface area contributed by atoms with Crippen molar-refractivity contribution in [2.45, 2.75) is 32.7 Å². The van der Waals surface area contributed by atoms with Crippen molar-refractivity contribution in [1.29, 1.82) is 5.26 Å². The summed E-state index contributed by atoms with van der Waals surface area (Å²) in [6.45, 7) is 6.15. The lowest BCUT2D eigenvalue weighted by molar-refractivity contribution is -0.116. The van der Waals surface area contributed by atoms with Gasteiger partial charge in [-0.05, 0) is 62.6 Å². The largest absolute Gasteiger partial charge is 0.374 e. The molecule has 0 bridgehead atoms. The molecule has 2 aromatic rings. The van der Waals surface area contributed by atoms with Crippen LogP contribution in [0.15, 0.2) is 42.5 Å². The van der Waals surface area contributed by atoms with E-state index in [1.165, 1.54) is 24.1 Å². The quantitative estimate of drug-likeness (QED) is 0.860. The average Bonchev–Trinajstić information content (AvgIpc) is 3.16. The molecule has 0 radical (unpaired) electrons. The summed E-state index contributed by atoms with van der Waals surface area (Å²) in [5, 5.41) is 15.2. The molecule has 1 fully saturated rings. The van der Waals surface area contributed by atoms with Crippen molar-refractivity contribution in [3.63, 3.8) is 0 Å². The predicted octanol–water partition coefficient (Wildman–Crippen LogP) is 3.91. The summed E-state index contributed by atoms with van der Waals surface area (Å²) in [4.78, 5) is 14.9. The van der Waals surface area contributed by atoms with E-state index in [0.29, 0.717) is 11.3 Å². The lowest BCUT2D eigenvalue weighted by atomic mass is 10.1. The molecule has 0 saturated carbocycles. The Balaban J connectivity index is 1.65. The van der Waals surface area contributed by atoms with Crippen molar-refractivity contribution in [3.8, 4) is 6.07 Å².